The number of halogens is 3. The molecule has 11 rings (SSSR count). The van der Waals surface area contributed by atoms with Crippen molar-refractivity contribution in [1.29, 1.82) is 0 Å². The third kappa shape index (κ3) is 7.93. The van der Waals surface area contributed by atoms with Crippen LogP contribution in [-0.2, 0) is 26.3 Å². The highest BCUT2D eigenvalue weighted by Crippen LogP contribution is 2.49. The molecule has 0 bridgehead atoms. The summed E-state index contributed by atoms with van der Waals surface area (Å²) in [6.45, 7) is 7.88. The molecule has 16 nitrogen and oxygen atoms in total. The van der Waals surface area contributed by atoms with Crippen LogP contribution in [0.1, 0.15) is 70.9 Å². The summed E-state index contributed by atoms with van der Waals surface area (Å²) in [5.74, 6) is -3.48. The van der Waals surface area contributed by atoms with Crippen LogP contribution in [0.25, 0.3) is 22.2 Å². The molecule has 3 N–H and O–H groups in total. The highest BCUT2D eigenvalue weighted by atomic mass is 32.2. The molecule has 6 aliphatic heterocycles. The van der Waals surface area contributed by atoms with Crippen LogP contribution in [-0.4, -0.2) is 134 Å². The quantitative estimate of drug-likeness (QED) is 0.104. The Morgan fingerprint density at radius 1 is 0.929 bits per heavy atom. The summed E-state index contributed by atoms with van der Waals surface area (Å²) in [4.78, 5) is 67.9. The van der Waals surface area contributed by atoms with Gasteiger partial charge in [-0.25, -0.2) is 18.2 Å². The number of nitrogens with zero attached hydrogens (tertiary/aromatic N) is 6. The normalized spacial score (nSPS) is 22.9. The largest absolute Gasteiger partial charge is 0.496 e. The minimum absolute atomic E-state index is 0.00251. The first-order chi connectivity index (χ1) is 33.6. The molecule has 20 heteroatoms. The summed E-state index contributed by atoms with van der Waals surface area (Å²) in [7, 11) is -2.80. The molecule has 0 saturated carbocycles. The van der Waals surface area contributed by atoms with Crippen molar-refractivity contribution in [1.82, 2.24) is 29.4 Å². The van der Waals surface area contributed by atoms with Crippen LogP contribution in [0.5, 0.6) is 5.75 Å². The SMILES string of the molecule is COc1cc(N2CC3(C2)CN(CC2CCN(c4ccc(-c5cnc6[nH]cc(C(=O)c7c(F)ccc(NS(=O)(=O)N8CC[C@@H](F)C8)c7F)c6c5)cc4)CC2)[C@H]3C)cc2c1C(=O)N(C1CCC(=O)NC1=O)C2. The second-order valence-corrected chi connectivity index (χ2v) is 21.3. The number of benzene rings is 3. The summed E-state index contributed by atoms with van der Waals surface area (Å²) >= 11 is 0. The van der Waals surface area contributed by atoms with Gasteiger partial charge >= 0.3 is 10.2 Å². The Balaban J connectivity index is 0.687. The number of anilines is 3. The number of ketones is 1. The first-order valence-corrected chi connectivity index (χ1v) is 25.2. The van der Waals surface area contributed by atoms with Crippen LogP contribution in [0.4, 0.5) is 30.2 Å². The van der Waals surface area contributed by atoms with Crippen molar-refractivity contribution in [2.75, 3.05) is 74.0 Å². The first-order valence-electron chi connectivity index (χ1n) is 23.7. The number of aromatic nitrogens is 2. The number of rotatable bonds is 12. The monoisotopic (exact) mass is 979 g/mol. The lowest BCUT2D eigenvalue weighted by atomic mass is 9.65. The molecule has 0 aliphatic carbocycles. The number of carbonyl (C=O) groups excluding carboxylic acids is 4. The number of hydrogen-bond acceptors (Lipinski definition) is 11. The van der Waals surface area contributed by atoms with Crippen molar-refractivity contribution in [2.45, 2.75) is 63.8 Å². The standard InChI is InChI=1S/C50H52F3N9O7S/c1-28-50(26-60(27-50)35-17-32-23-62(40-9-10-42(63)56-48(40)65)49(66)43(32)41(19-35)69-2)25-59(28)22-29-11-14-58(15-12-29)34-5-3-30(4-6-34)31-18-36-37(21-55-47(36)54-20-31)46(64)44-38(52)7-8-39(45(44)53)57-70(67,68)61-16-13-33(51)24-61/h3-8,17-21,28-29,33,40,57H,9-16,22-27H2,1-2H3,(H,54,55)(H,56,63,65)/t28-,33+,40?/m0/s1. The summed E-state index contributed by atoms with van der Waals surface area (Å²) in [5.41, 5.74) is 3.85. The van der Waals surface area contributed by atoms with Gasteiger partial charge in [0.15, 0.2) is 5.82 Å². The first kappa shape index (κ1) is 45.9. The summed E-state index contributed by atoms with van der Waals surface area (Å²) in [6.07, 6.45) is 4.26. The molecule has 5 fully saturated rings. The van der Waals surface area contributed by atoms with Crippen LogP contribution in [0.15, 0.2) is 67.0 Å². The van der Waals surface area contributed by atoms with Crippen molar-refractivity contribution in [3.63, 3.8) is 0 Å². The predicted molar refractivity (Wildman–Crippen MR) is 255 cm³/mol. The lowest BCUT2D eigenvalue weighted by Crippen LogP contribution is -2.77. The van der Waals surface area contributed by atoms with Gasteiger partial charge in [-0.3, -0.25) is 34.1 Å². The number of likely N-dealkylation sites (tertiary alicyclic amines) is 1. The average Bonchev–Trinajstić information content (AvgIpc) is 4.07. The molecule has 6 aliphatic rings. The van der Waals surface area contributed by atoms with Crippen molar-refractivity contribution in [3.05, 3.63) is 101 Å². The van der Waals surface area contributed by atoms with Crippen molar-refractivity contribution >= 4 is 61.8 Å². The van der Waals surface area contributed by atoms with Gasteiger partial charge in [-0.2, -0.15) is 12.7 Å². The van der Waals surface area contributed by atoms with E-state index in [0.29, 0.717) is 52.8 Å². The molecule has 70 heavy (non-hydrogen) atoms. The van der Waals surface area contributed by atoms with Gasteiger partial charge in [0.05, 0.1) is 23.9 Å². The van der Waals surface area contributed by atoms with Crippen molar-refractivity contribution in [2.24, 2.45) is 11.3 Å². The third-order valence-corrected chi connectivity index (χ3v) is 17.0. The number of fused-ring (bicyclic) bond motifs is 2. The van der Waals surface area contributed by atoms with Crippen LogP contribution in [0, 0.1) is 23.0 Å². The second kappa shape index (κ2) is 17.4. The molecule has 1 unspecified atom stereocenters. The number of imide groups is 1. The molecule has 5 saturated heterocycles. The number of aromatic amines is 1. The fourth-order valence-corrected chi connectivity index (χ4v) is 12.7. The van der Waals surface area contributed by atoms with Gasteiger partial charge in [-0.1, -0.05) is 12.1 Å². The number of nitrogens with one attached hydrogen (secondary N) is 3. The van der Waals surface area contributed by atoms with Gasteiger partial charge < -0.3 is 24.4 Å². The van der Waals surface area contributed by atoms with Gasteiger partial charge in [0.2, 0.25) is 17.6 Å². The molecule has 5 aromatic rings. The van der Waals surface area contributed by atoms with E-state index in [4.69, 9.17) is 4.74 Å². The second-order valence-electron chi connectivity index (χ2n) is 19.7. The van der Waals surface area contributed by atoms with E-state index in [0.717, 1.165) is 91.0 Å². The molecule has 3 amide bonds. The maximum absolute atomic E-state index is 15.8. The zero-order valence-corrected chi connectivity index (χ0v) is 39.5. The van der Waals surface area contributed by atoms with E-state index >= 15 is 8.78 Å². The predicted octanol–water partition coefficient (Wildman–Crippen LogP) is 5.64. The fraction of sp³-hybridized carbons (Fsp3) is 0.420. The molecule has 2 aromatic heterocycles. The lowest BCUT2D eigenvalue weighted by Gasteiger charge is -2.66. The van der Waals surface area contributed by atoms with Crippen LogP contribution >= 0.6 is 0 Å². The van der Waals surface area contributed by atoms with Crippen LogP contribution < -0.4 is 24.6 Å². The number of alkyl halides is 1. The Hall–Kier alpha value is -6.51. The number of piperidine rings is 2. The van der Waals surface area contributed by atoms with Gasteiger partial charge in [0.1, 0.15) is 29.4 Å². The minimum atomic E-state index is -4.36. The molecule has 3 aromatic carbocycles. The summed E-state index contributed by atoms with van der Waals surface area (Å²) in [6, 6.07) is 15.2. The van der Waals surface area contributed by atoms with Crippen molar-refractivity contribution in [3.8, 4) is 16.9 Å². The van der Waals surface area contributed by atoms with Crippen LogP contribution in [0.3, 0.4) is 0 Å². The summed E-state index contributed by atoms with van der Waals surface area (Å²) < 4.78 is 79.0. The van der Waals surface area contributed by atoms with E-state index in [9.17, 15) is 32.0 Å². The summed E-state index contributed by atoms with van der Waals surface area (Å²) in [5, 5.41) is 2.70. The van der Waals surface area contributed by atoms with Gasteiger partial charge in [-0.15, -0.1) is 0 Å². The number of methoxy groups -OCH3 is 1. The molecule has 366 valence electrons. The van der Waals surface area contributed by atoms with E-state index in [-0.39, 0.29) is 48.7 Å². The Labute approximate surface area is 402 Å². The Kier molecular flexibility index (Phi) is 11.4. The molecule has 3 atom stereocenters. The van der Waals surface area contributed by atoms with Gasteiger partial charge in [0.25, 0.3) is 5.91 Å². The van der Waals surface area contributed by atoms with Gasteiger partial charge in [-0.05, 0) is 86.1 Å². The number of H-pyrrole nitrogens is 1. The zero-order chi connectivity index (χ0) is 48.8. The number of ether oxygens (including phenoxy) is 1. The highest BCUT2D eigenvalue weighted by molar-refractivity contribution is 7.90. The van der Waals surface area contributed by atoms with E-state index in [1.54, 1.807) is 24.3 Å². The number of pyridine rings is 1. The van der Waals surface area contributed by atoms with E-state index in [1.807, 2.05) is 29.0 Å². The average molecular weight is 980 g/mol. The molecule has 0 radical (unpaired) electrons. The number of carbonyl (C=O) groups is 4. The molecule has 1 spiro atoms. The van der Waals surface area contributed by atoms with Crippen LogP contribution in [0.2, 0.25) is 0 Å². The minimum Gasteiger partial charge on any atom is -0.496 e. The van der Waals surface area contributed by atoms with E-state index < -0.39 is 57.0 Å². The smallest absolute Gasteiger partial charge is 0.301 e. The Bertz CT molecular complexity index is 3080. The number of hydrogen-bond donors (Lipinski definition) is 3. The fourth-order valence-electron chi connectivity index (χ4n) is 11.4. The Morgan fingerprint density at radius 3 is 2.40 bits per heavy atom. The maximum atomic E-state index is 15.8. The van der Waals surface area contributed by atoms with E-state index in [1.165, 1.54) is 6.20 Å². The molecular weight excluding hydrogens is 928 g/mol. The molecular formula is C50H52F3N9O7S. The third-order valence-electron chi connectivity index (χ3n) is 15.6. The highest BCUT2D eigenvalue weighted by Gasteiger charge is 2.57. The van der Waals surface area contributed by atoms with Crippen molar-refractivity contribution < 1.29 is 45.5 Å². The molecule has 8 heterocycles. The van der Waals surface area contributed by atoms with Gasteiger partial charge in [0, 0.05) is 123 Å². The Morgan fingerprint density at radius 2 is 1.70 bits per heavy atom. The zero-order valence-electron chi connectivity index (χ0n) is 38.6. The maximum Gasteiger partial charge on any atom is 0.301 e. The lowest BCUT2D eigenvalue weighted by molar-refractivity contribution is -0.136. The topological polar surface area (TPSA) is 181 Å². The number of amides is 3. The van der Waals surface area contributed by atoms with E-state index in [2.05, 4.69) is 49.0 Å².